The standard InChI is InChI=1S/C33H46N4O5S.187H2/c1-10-32(8,21(3)4)25-13-12-23(18-26(25)42-11-2)29(38)37-27(28-34-15-17-43-28)24(20-41-9)19-33(37,30(39)40)31(6,7)36-16-14-22(5)35-36;;;;;;;;;;;;;;;;;;;;;;;;;;;;;;;;;;;;;;;;;;;;;;;;;;;;;;;;;;;;;;;;;;;;;;;;;;;;;;;;;;;;;;;;;;;;;;;;;;;;;;;;;;;;;;;;;;;;;;;;;;;;;;;;;;;;;;;;;;;;;;;;;;;;;;;;;;;;;;;;;;;;;;;;;;;;;;;;;;;;;;;;;;;/h12-18,21,24,27H,10-11,19-20H2,1-9H3,(H,39,40);187*1H/t24-,27-,32?,33+;;;;;;;;;;;;;;;;;;;;;;;;;;;;;;;;;;;;;;;;;;;;;;;;;;;;;;;;;;;;;;;;;;;;;;;;;;;;;;;;;;;;;;;;;;;;;;;;;;;;;;;;;;;;;;;;;;;;;;;;;;;;;;;;;;;;;;;;;;;;;;;;;;;;;;;;;;;;;;;;;;;;;;;;;;;;;;;;;;;;;;;;;;;/m1.........................................................................................................................................................................................../s1/i/hD. The van der Waals surface area contributed by atoms with Gasteiger partial charge >= 0.3 is 5.97 Å². The average Bonchev–Trinajstić information content (AvgIpc) is 3.76. The van der Waals surface area contributed by atoms with Crippen molar-refractivity contribution in [2.45, 2.75) is 90.8 Å². The van der Waals surface area contributed by atoms with Crippen molar-refractivity contribution in [1.29, 1.82) is 1.43 Å². The molecule has 1 saturated heterocycles. The number of methoxy groups -OCH3 is 1. The zero-order chi connectivity index (χ0) is 32.4. The normalized spacial score (nSPS) is 22.4. The highest BCUT2D eigenvalue weighted by atomic mass is 32.1. The molecule has 0 radical (unpaired) electrons. The first-order chi connectivity index (χ1) is 20.8. The van der Waals surface area contributed by atoms with Crippen LogP contribution in [-0.4, -0.2) is 62.5 Å². The van der Waals surface area contributed by atoms with Crippen LogP contribution in [0.15, 0.2) is 42.0 Å². The first-order valence-corrected chi connectivity index (χ1v) is 15.9. The third-order valence-electron chi connectivity index (χ3n) is 9.79. The minimum absolute atomic E-state index is 0. The Bertz CT molecular complexity index is 1610. The SMILES string of the molecule is [2H]OC(=O)[C@]1(C(C)(C)n2ccc(C)n2)C[C@H](COC)[C@H](c2nccs2)N1C(=O)c1ccc(C(C)(CC)C(C)C)c(OCC)c1.[HH].[HH].[HH].[HH].[HH].[HH].[HH].[HH].[HH].[HH].[HH].[HH].[HH].[HH].[HH].[HH].[HH].[HH].[HH].[HH].[HH].[HH].[HH].[HH].[HH].[HH].[HH].[HH].[HH].[HH].[HH].[HH].[HH].[HH].[HH].[HH].[HH].[HH].[HH].[HH].[HH].[HH].[HH].[HH].[HH].[HH].[HH].[HH].[HH].[HH].[HH].[HH].[HH].[HH].[HH].[HH].[HH].[HH].[HH].[HH].[HH].[HH].[HH].[HH].[HH].[HH].[HH].[HH].[HH].[HH].[HH].[HH].[HH].[HH].[HH].[HH].[HH].[HH].[HH].[HH].[HH].[HH].[HH].[HH].[HH].[HH].[HH].[HH].[HH].[HH].[HH].[HH].[HH].[HH].[HH].[HH].[HH].[HH].[HH].[HH].[HH].[HH].[HH].[HH].[HH].[HH].[HH].[HH].[HH].[HH].[HH].[HH].[HH].[HH].[HH].[HH].[HH].[HH].[HH].[HH].[HH].[HH].[HH].[HH].[HH].[HH].[HH].[HH].[HH].[HH].[HH].[HH].[HH].[HH].[HH].[HH].[HH].[HH].[HH].[HH].[HH].[HH].[HH].[HH].[HH].[HH].[HH].[HH].[HH].[HH].[HH].[HH].[HH].[HH].[HH].[HH].[HH].[HH].[HH].[HH].[HH].[HH].[HH].[HH].[HH].[HH].[HH].[HH].[HH].[HH].[HH].[HH].[HH].[HH].[HH].[HH].[HH].[HH].[HH].[HH].[HH].[HH].[HH].[HH].[HH].[HH].[HH]. The van der Waals surface area contributed by atoms with Crippen LogP contribution in [0.5, 0.6) is 5.75 Å². The Morgan fingerprint density at radius 2 is 2.02 bits per heavy atom. The molecule has 0 spiro atoms. The van der Waals surface area contributed by atoms with Crippen molar-refractivity contribution >= 4 is 23.2 Å². The Kier molecular flexibility index (Phi) is 9.00. The molecular formula is C33H420N4O5S. The Morgan fingerprint density at radius 1 is 1.28 bits per heavy atom. The highest BCUT2D eigenvalue weighted by Gasteiger charge is 2.67. The molecule has 3 aromatic rings. The molecule has 9 nitrogen and oxygen atoms in total. The summed E-state index contributed by atoms with van der Waals surface area (Å²) in [7, 11) is 1.60. The van der Waals surface area contributed by atoms with Crippen LogP contribution in [0.25, 0.3) is 1.43 Å². The van der Waals surface area contributed by atoms with Gasteiger partial charge in [0.2, 0.25) is 0 Å². The summed E-state index contributed by atoms with van der Waals surface area (Å²) >= 11 is 1.41. The van der Waals surface area contributed by atoms with E-state index in [1.807, 2.05) is 51.3 Å². The van der Waals surface area contributed by atoms with Crippen molar-refractivity contribution in [1.82, 2.24) is 19.7 Å². The molecule has 1 aromatic carbocycles. The van der Waals surface area contributed by atoms with Crippen LogP contribution in [-0.2, 0) is 20.5 Å². The monoisotopic (exact) mass is 988 g/mol. The molecule has 1 fully saturated rings. The van der Waals surface area contributed by atoms with E-state index in [0.717, 1.165) is 17.7 Å². The van der Waals surface area contributed by atoms with Gasteiger partial charge < -0.3 is 19.5 Å². The summed E-state index contributed by atoms with van der Waals surface area (Å²) in [5.74, 6) is -0.579. The number of aromatic nitrogens is 3. The van der Waals surface area contributed by atoms with E-state index in [1.165, 1.54) is 11.3 Å². The van der Waals surface area contributed by atoms with Crippen LogP contribution in [0.3, 0.4) is 0 Å². The van der Waals surface area contributed by atoms with Crippen molar-refractivity contribution in [3.05, 3.63) is 63.9 Å². The lowest BCUT2D eigenvalue weighted by molar-refractivity contribution is -0.156. The molecule has 43 heavy (non-hydrogen) atoms. The second kappa shape index (κ2) is 12.4. The van der Waals surface area contributed by atoms with Gasteiger partial charge in [0.05, 0.1) is 30.5 Å². The van der Waals surface area contributed by atoms with Gasteiger partial charge in [-0.2, -0.15) is 5.10 Å². The van der Waals surface area contributed by atoms with Crippen LogP contribution >= 0.6 is 11.3 Å². The number of benzene rings is 1. The van der Waals surface area contributed by atoms with Crippen molar-refractivity contribution in [3.63, 3.8) is 0 Å². The summed E-state index contributed by atoms with van der Waals surface area (Å²) < 4.78 is 21.4. The molecule has 2 aromatic heterocycles. The molecule has 1 amide bonds. The van der Waals surface area contributed by atoms with E-state index in [1.54, 1.807) is 35.2 Å². The first-order valence-electron chi connectivity index (χ1n) is 15.4. The molecule has 4 rings (SSSR count). The Labute approximate surface area is 538 Å². The summed E-state index contributed by atoms with van der Waals surface area (Å²) in [5, 5.41) is 12.0. The molecule has 1 aliphatic rings. The van der Waals surface area contributed by atoms with E-state index in [4.69, 9.17) is 16.0 Å². The lowest BCUT2D eigenvalue weighted by Crippen LogP contribution is -2.66. The summed E-state index contributed by atoms with van der Waals surface area (Å²) in [4.78, 5) is 35.4. The van der Waals surface area contributed by atoms with Crippen molar-refractivity contribution < 1.29 is 291 Å². The van der Waals surface area contributed by atoms with Crippen LogP contribution in [0, 0.1) is 18.8 Å². The quantitative estimate of drug-likeness (QED) is 0.193. The van der Waals surface area contributed by atoms with Crippen LogP contribution in [0.1, 0.15) is 361 Å². The summed E-state index contributed by atoms with van der Waals surface area (Å²) in [5.41, 5.74) is -0.778. The topological polar surface area (TPSA) is 107 Å². The van der Waals surface area contributed by atoms with Gasteiger partial charge in [-0.25, -0.2) is 9.78 Å². The lowest BCUT2D eigenvalue weighted by atomic mass is 9.71. The first kappa shape index (κ1) is 31.2. The van der Waals surface area contributed by atoms with E-state index in [0.29, 0.717) is 28.8 Å². The Hall–Kier alpha value is -3.24. The van der Waals surface area contributed by atoms with Crippen molar-refractivity contribution in [2.24, 2.45) is 11.8 Å². The number of rotatable bonds is 12. The fourth-order valence-electron chi connectivity index (χ4n) is 6.74. The number of hydrogen-bond donors (Lipinski definition) is 1. The molecule has 3 heterocycles. The molecule has 0 aliphatic carbocycles. The molecule has 0 saturated carbocycles. The predicted molar refractivity (Wildman–Crippen MR) is 563 cm³/mol. The van der Waals surface area contributed by atoms with Crippen LogP contribution in [0.4, 0.5) is 0 Å². The number of ether oxygens (including phenoxy) is 2. The second-order valence-corrected chi connectivity index (χ2v) is 13.5. The maximum Gasteiger partial charge on any atom is 0.332 e. The van der Waals surface area contributed by atoms with E-state index in [-0.39, 0.29) is 297 Å². The van der Waals surface area contributed by atoms with Crippen LogP contribution in [0.2, 0.25) is 0 Å². The molecule has 1 aliphatic heterocycles. The summed E-state index contributed by atoms with van der Waals surface area (Å²) in [6.45, 7) is 17.0. The third-order valence-corrected chi connectivity index (χ3v) is 10.6. The average molecular weight is 989 g/mol. The largest absolute Gasteiger partial charge is 0.494 e. The minimum atomic E-state index is -1.63. The van der Waals surface area contributed by atoms with Crippen molar-refractivity contribution in [2.75, 3.05) is 20.3 Å². The molecule has 4 atom stereocenters. The number of carbonyl (C=O) groups excluding carboxylic acids is 1. The molecule has 1 unspecified atom stereocenters. The van der Waals surface area contributed by atoms with Gasteiger partial charge in [-0.3, -0.25) is 9.48 Å². The number of hydrogen-bond acceptors (Lipinski definition) is 8. The third kappa shape index (κ3) is 5.37. The lowest BCUT2D eigenvalue weighted by Gasteiger charge is -2.47. The number of aryl methyl sites for hydroxylation is 1. The Morgan fingerprint density at radius 3 is 2.56 bits per heavy atom. The summed E-state index contributed by atoms with van der Waals surface area (Å²) in [6.07, 6.45) is 4.55. The minimum Gasteiger partial charge on any atom is -0.494 e. The predicted octanol–water partition coefficient (Wildman–Crippen LogP) is 52.5. The number of carboxylic acids is 1. The number of likely N-dealkylation sites (tertiary alicyclic amines) is 1. The zero-order valence-corrected chi connectivity index (χ0v) is 27.7. The number of nitrogens with zero attached hydrogens (tertiary/aromatic N) is 4. The van der Waals surface area contributed by atoms with Gasteiger partial charge in [0, 0.05) is 309 Å². The van der Waals surface area contributed by atoms with Crippen LogP contribution < -0.4 is 4.74 Å². The van der Waals surface area contributed by atoms with E-state index < -0.39 is 23.1 Å². The van der Waals surface area contributed by atoms with Gasteiger partial charge in [0.25, 0.3) is 7.34 Å². The number of carboxylic acid groups (broad SMARTS) is 1. The maximum atomic E-state index is 15.1. The number of aliphatic carboxylic acids is 1. The molecular weight excluding hydrogens is 564 g/mol. The maximum absolute atomic E-state index is 15.1. The molecule has 0 bridgehead atoms. The Balaban J connectivity index is -0.000000000649. The molecule has 608 valence electrons. The van der Waals surface area contributed by atoms with Crippen molar-refractivity contribution in [3.8, 4) is 5.75 Å². The fraction of sp³-hybridized carbons (Fsp3) is 0.576. The van der Waals surface area contributed by atoms with Gasteiger partial charge in [0.1, 0.15) is 10.8 Å². The highest BCUT2D eigenvalue weighted by molar-refractivity contribution is 7.09. The smallest absolute Gasteiger partial charge is 0.332 e. The summed E-state index contributed by atoms with van der Waals surface area (Å²) in [6, 6.07) is 6.82. The number of amides is 1. The fourth-order valence-corrected chi connectivity index (χ4v) is 7.56. The number of carbonyl (C=O) groups is 2. The number of thiazole rings is 1. The van der Waals surface area contributed by atoms with Gasteiger partial charge in [-0.1, -0.05) is 33.8 Å². The second-order valence-electron chi connectivity index (χ2n) is 12.6. The molecule has 10 heteroatoms. The highest BCUT2D eigenvalue weighted by Crippen LogP contribution is 2.55. The zero-order valence-electron chi connectivity index (χ0n) is 27.8. The van der Waals surface area contributed by atoms with E-state index in [2.05, 4.69) is 37.8 Å². The van der Waals surface area contributed by atoms with E-state index in [9.17, 15) is 4.79 Å². The van der Waals surface area contributed by atoms with Gasteiger partial charge in [0.15, 0.2) is 5.54 Å². The van der Waals surface area contributed by atoms with Gasteiger partial charge in [-0.05, 0) is 70.1 Å². The molecule has 1 N–H and O–H groups in total. The van der Waals surface area contributed by atoms with E-state index >= 15 is 4.79 Å². The van der Waals surface area contributed by atoms with Gasteiger partial charge in [-0.15, -0.1) is 11.3 Å².